The summed E-state index contributed by atoms with van der Waals surface area (Å²) >= 11 is 0. The van der Waals surface area contributed by atoms with Crippen molar-refractivity contribution in [3.8, 4) is 0 Å². The highest BCUT2D eigenvalue weighted by Crippen LogP contribution is 2.12. The molecule has 25 heavy (non-hydrogen) atoms. The molecule has 136 valence electrons. The van der Waals surface area contributed by atoms with E-state index in [0.29, 0.717) is 13.2 Å². The normalized spacial score (nSPS) is 15.5. The molecular weight excluding hydrogens is 322 g/mol. The minimum atomic E-state index is -0.593. The number of aromatic nitrogens is 2. The second kappa shape index (κ2) is 8.15. The van der Waals surface area contributed by atoms with Gasteiger partial charge in [-0.25, -0.2) is 0 Å². The van der Waals surface area contributed by atoms with Gasteiger partial charge in [-0.3, -0.25) is 14.5 Å². The fourth-order valence-corrected chi connectivity index (χ4v) is 3.05. The topological polar surface area (TPSA) is 102 Å². The molecule has 0 amide bonds. The summed E-state index contributed by atoms with van der Waals surface area (Å²) < 4.78 is 0. The number of nitrogens with one attached hydrogen (secondary N) is 1. The number of hydrogen-bond acceptors (Lipinski definition) is 7. The maximum absolute atomic E-state index is 11.2. The van der Waals surface area contributed by atoms with Crippen LogP contribution in [0.3, 0.4) is 0 Å². The summed E-state index contributed by atoms with van der Waals surface area (Å²) in [6.45, 7) is 4.37. The number of piperidine rings is 1. The third kappa shape index (κ3) is 4.39. The van der Waals surface area contributed by atoms with Crippen LogP contribution in [0.4, 0.5) is 11.4 Å². The fraction of sp³-hybridized carbons (Fsp3) is 0.588. The van der Waals surface area contributed by atoms with E-state index in [1.807, 2.05) is 12.4 Å². The van der Waals surface area contributed by atoms with Crippen LogP contribution in [0.5, 0.6) is 0 Å². The first-order valence-electron chi connectivity index (χ1n) is 8.87. The lowest BCUT2D eigenvalue weighted by Crippen LogP contribution is -2.37. The molecule has 0 saturated carbocycles. The van der Waals surface area contributed by atoms with Crippen LogP contribution in [0.15, 0.2) is 22.0 Å². The zero-order valence-electron chi connectivity index (χ0n) is 14.4. The van der Waals surface area contributed by atoms with Crippen LogP contribution >= 0.6 is 0 Å². The van der Waals surface area contributed by atoms with E-state index in [1.54, 1.807) is 0 Å². The zero-order chi connectivity index (χ0) is 17.6. The Balaban J connectivity index is 1.30. The highest BCUT2D eigenvalue weighted by molar-refractivity contribution is 5.71. The van der Waals surface area contributed by atoms with Gasteiger partial charge in [-0.15, -0.1) is 9.94 Å². The number of rotatable bonds is 9. The van der Waals surface area contributed by atoms with E-state index >= 15 is 0 Å². The number of anilines is 2. The summed E-state index contributed by atoms with van der Waals surface area (Å²) in [5.41, 5.74) is 5.79. The van der Waals surface area contributed by atoms with Gasteiger partial charge in [-0.1, -0.05) is 6.42 Å². The molecule has 0 radical (unpaired) electrons. The van der Waals surface area contributed by atoms with Crippen LogP contribution < -0.4 is 26.7 Å². The molecule has 1 aromatic carbocycles. The van der Waals surface area contributed by atoms with Gasteiger partial charge in [0.25, 0.3) is 10.9 Å². The zero-order valence-corrected chi connectivity index (χ0v) is 14.4. The Morgan fingerprint density at radius 2 is 1.96 bits per heavy atom. The lowest BCUT2D eigenvalue weighted by atomic mass is 10.1. The minimum absolute atomic E-state index is 0.0408. The van der Waals surface area contributed by atoms with Crippen LogP contribution in [0.2, 0.25) is 0 Å². The first-order valence-corrected chi connectivity index (χ1v) is 8.87. The molecule has 1 saturated heterocycles. The van der Waals surface area contributed by atoms with Gasteiger partial charge in [0.1, 0.15) is 18.0 Å². The third-order valence-corrected chi connectivity index (χ3v) is 4.51. The summed E-state index contributed by atoms with van der Waals surface area (Å²) in [7, 11) is 0. The molecule has 3 N–H and O–H groups in total. The largest absolute Gasteiger partial charge is 0.397 e. The molecule has 0 unspecified atom stereocenters. The highest BCUT2D eigenvalue weighted by Gasteiger charge is 2.16. The van der Waals surface area contributed by atoms with Crippen LogP contribution in [-0.4, -0.2) is 41.1 Å². The van der Waals surface area contributed by atoms with Gasteiger partial charge >= 0.3 is 0 Å². The van der Waals surface area contributed by atoms with E-state index in [2.05, 4.69) is 15.3 Å². The number of unbranched alkanes of at least 4 members (excludes halogenated alkanes) is 1. The molecule has 0 bridgehead atoms. The standard InChI is InChI=1S/C17H25N5O3/c18-14-15(17(24)16(14)23)19-6-2-5-9-25-22-12-13(10-20-22)11-21-7-3-1-4-8-21/h10,12,19H,1-9,11,18H2. The quantitative estimate of drug-likeness (QED) is 0.499. The first kappa shape index (κ1) is 17.5. The average Bonchev–Trinajstić information content (AvgIpc) is 3.08. The molecule has 1 aliphatic rings. The summed E-state index contributed by atoms with van der Waals surface area (Å²) in [6, 6.07) is 0. The molecule has 0 spiro atoms. The maximum Gasteiger partial charge on any atom is 0.253 e. The molecule has 0 aliphatic carbocycles. The van der Waals surface area contributed by atoms with Crippen molar-refractivity contribution in [2.45, 2.75) is 38.6 Å². The highest BCUT2D eigenvalue weighted by atomic mass is 16.7. The van der Waals surface area contributed by atoms with Crippen molar-refractivity contribution in [2.75, 3.05) is 37.3 Å². The number of nitrogens with zero attached hydrogens (tertiary/aromatic N) is 3. The van der Waals surface area contributed by atoms with Crippen LogP contribution in [-0.2, 0) is 6.54 Å². The van der Waals surface area contributed by atoms with Gasteiger partial charge < -0.3 is 15.9 Å². The Kier molecular flexibility index (Phi) is 5.70. The molecule has 8 nitrogen and oxygen atoms in total. The van der Waals surface area contributed by atoms with Crippen molar-refractivity contribution in [1.29, 1.82) is 0 Å². The summed E-state index contributed by atoms with van der Waals surface area (Å²) in [4.78, 5) is 31.8. The van der Waals surface area contributed by atoms with Gasteiger partial charge in [-0.05, 0) is 38.8 Å². The molecule has 1 aromatic heterocycles. The number of hydrogen-bond donors (Lipinski definition) is 2. The monoisotopic (exact) mass is 347 g/mol. The summed E-state index contributed by atoms with van der Waals surface area (Å²) in [5, 5.41) is 7.12. The number of nitrogen functional groups attached to an aromatic ring is 1. The molecule has 0 atom stereocenters. The molecule has 2 aromatic rings. The Bertz CT molecular complexity index is 757. The summed E-state index contributed by atoms with van der Waals surface area (Å²) in [6.07, 6.45) is 9.29. The molecule has 8 heteroatoms. The molecule has 1 aliphatic heterocycles. The Morgan fingerprint density at radius 1 is 1.16 bits per heavy atom. The van der Waals surface area contributed by atoms with E-state index in [1.165, 1.54) is 29.7 Å². The van der Waals surface area contributed by atoms with E-state index in [-0.39, 0.29) is 11.4 Å². The van der Waals surface area contributed by atoms with Gasteiger partial charge in [0, 0.05) is 18.7 Å². The van der Waals surface area contributed by atoms with Crippen molar-refractivity contribution in [2.24, 2.45) is 0 Å². The van der Waals surface area contributed by atoms with Crippen molar-refractivity contribution in [3.63, 3.8) is 0 Å². The van der Waals surface area contributed by atoms with Crippen molar-refractivity contribution in [1.82, 2.24) is 14.8 Å². The fourth-order valence-electron chi connectivity index (χ4n) is 3.05. The Morgan fingerprint density at radius 3 is 2.72 bits per heavy atom. The number of likely N-dealkylation sites (tertiary alicyclic amines) is 1. The first-order chi connectivity index (χ1) is 12.1. The van der Waals surface area contributed by atoms with Gasteiger partial charge in [0.2, 0.25) is 0 Å². The SMILES string of the molecule is Nc1c(NCCCCOn2cc(CN3CCCCC3)cn2)c(=O)c1=O. The van der Waals surface area contributed by atoms with E-state index in [9.17, 15) is 9.59 Å². The van der Waals surface area contributed by atoms with Gasteiger partial charge in [0.05, 0.1) is 12.4 Å². The molecular formula is C17H25N5O3. The molecule has 1 fully saturated rings. The van der Waals surface area contributed by atoms with Crippen LogP contribution in [0.25, 0.3) is 0 Å². The third-order valence-electron chi connectivity index (χ3n) is 4.51. The smallest absolute Gasteiger partial charge is 0.253 e. The lowest BCUT2D eigenvalue weighted by Gasteiger charge is -2.25. The molecule has 2 heterocycles. The van der Waals surface area contributed by atoms with Gasteiger partial charge in [-0.2, -0.15) is 0 Å². The predicted molar refractivity (Wildman–Crippen MR) is 96.3 cm³/mol. The number of nitrogens with two attached hydrogens (primary N) is 1. The van der Waals surface area contributed by atoms with Crippen molar-refractivity contribution in [3.05, 3.63) is 38.4 Å². The molecule has 3 rings (SSSR count). The van der Waals surface area contributed by atoms with Crippen LogP contribution in [0, 0.1) is 0 Å². The second-order valence-electron chi connectivity index (χ2n) is 6.50. The maximum atomic E-state index is 11.2. The van der Waals surface area contributed by atoms with E-state index < -0.39 is 10.9 Å². The average molecular weight is 347 g/mol. The predicted octanol–water partition coefficient (Wildman–Crippen LogP) is 0.368. The van der Waals surface area contributed by atoms with E-state index in [4.69, 9.17) is 10.6 Å². The van der Waals surface area contributed by atoms with Crippen molar-refractivity contribution < 1.29 is 4.84 Å². The van der Waals surface area contributed by atoms with Gasteiger partial charge in [0.15, 0.2) is 0 Å². The lowest BCUT2D eigenvalue weighted by molar-refractivity contribution is 0.0797. The minimum Gasteiger partial charge on any atom is -0.397 e. The van der Waals surface area contributed by atoms with E-state index in [0.717, 1.165) is 32.5 Å². The Labute approximate surface area is 146 Å². The van der Waals surface area contributed by atoms with Crippen molar-refractivity contribution >= 4 is 11.4 Å². The second-order valence-corrected chi connectivity index (χ2v) is 6.50. The Hall–Kier alpha value is -2.35. The summed E-state index contributed by atoms with van der Waals surface area (Å²) in [5.74, 6) is 0. The van der Waals surface area contributed by atoms with Crippen LogP contribution in [0.1, 0.15) is 37.7 Å².